The highest BCUT2D eigenvalue weighted by Gasteiger charge is 2.01. The van der Waals surface area contributed by atoms with Crippen LogP contribution in [0.5, 0.6) is 0 Å². The van der Waals surface area contributed by atoms with Gasteiger partial charge in [-0.2, -0.15) is 0 Å². The van der Waals surface area contributed by atoms with Gasteiger partial charge in [-0.05, 0) is 18.2 Å². The molecule has 0 aliphatic rings. The minimum Gasteiger partial charge on any atom is -0.376 e. The molecule has 0 atom stereocenters. The van der Waals surface area contributed by atoms with Crippen molar-refractivity contribution < 1.29 is 9.59 Å². The third-order valence-corrected chi connectivity index (χ3v) is 2.08. The Kier molecular flexibility index (Phi) is 5.44. The molecule has 0 aliphatic heterocycles. The van der Waals surface area contributed by atoms with Crippen LogP contribution in [0.4, 0.5) is 11.4 Å². The van der Waals surface area contributed by atoms with Crippen LogP contribution in [0.15, 0.2) is 36.9 Å². The van der Waals surface area contributed by atoms with Crippen molar-refractivity contribution in [2.45, 2.75) is 6.92 Å². The number of hydrogen-bond donors (Lipinski definition) is 3. The molecule has 0 fully saturated rings. The highest BCUT2D eigenvalue weighted by atomic mass is 16.2. The maximum Gasteiger partial charge on any atom is 0.239 e. The molecule has 1 aromatic carbocycles. The first kappa shape index (κ1) is 13.8. The van der Waals surface area contributed by atoms with Gasteiger partial charge in [-0.15, -0.1) is 6.58 Å². The smallest absolute Gasteiger partial charge is 0.239 e. The second-order valence-electron chi connectivity index (χ2n) is 3.71. The summed E-state index contributed by atoms with van der Waals surface area (Å²) in [7, 11) is 0. The molecule has 96 valence electrons. The quantitative estimate of drug-likeness (QED) is 0.665. The van der Waals surface area contributed by atoms with Gasteiger partial charge >= 0.3 is 0 Å². The summed E-state index contributed by atoms with van der Waals surface area (Å²) in [5, 5.41) is 8.30. The van der Waals surface area contributed by atoms with Crippen molar-refractivity contribution in [3.63, 3.8) is 0 Å². The number of carbonyl (C=O) groups is 2. The number of benzene rings is 1. The lowest BCUT2D eigenvalue weighted by atomic mass is 10.2. The normalized spacial score (nSPS) is 9.39. The minimum absolute atomic E-state index is 0.111. The van der Waals surface area contributed by atoms with Crippen LogP contribution in [-0.4, -0.2) is 24.9 Å². The van der Waals surface area contributed by atoms with E-state index in [1.807, 2.05) is 6.07 Å². The van der Waals surface area contributed by atoms with E-state index in [4.69, 9.17) is 0 Å². The summed E-state index contributed by atoms with van der Waals surface area (Å²) in [6.07, 6.45) is 1.62. The van der Waals surface area contributed by atoms with Crippen LogP contribution >= 0.6 is 0 Å². The fourth-order valence-electron chi connectivity index (χ4n) is 1.34. The molecule has 3 N–H and O–H groups in total. The largest absolute Gasteiger partial charge is 0.376 e. The van der Waals surface area contributed by atoms with E-state index in [0.717, 1.165) is 5.69 Å². The van der Waals surface area contributed by atoms with E-state index in [9.17, 15) is 9.59 Å². The third kappa shape index (κ3) is 5.16. The van der Waals surface area contributed by atoms with E-state index >= 15 is 0 Å². The molecule has 0 unspecified atom stereocenters. The van der Waals surface area contributed by atoms with E-state index in [1.165, 1.54) is 6.92 Å². The Hall–Kier alpha value is -2.30. The Morgan fingerprint density at radius 2 is 2.06 bits per heavy atom. The molecule has 0 spiro atoms. The van der Waals surface area contributed by atoms with Crippen molar-refractivity contribution >= 4 is 23.2 Å². The molecule has 1 aromatic rings. The van der Waals surface area contributed by atoms with Crippen LogP contribution in [0.25, 0.3) is 0 Å². The zero-order valence-corrected chi connectivity index (χ0v) is 10.3. The Balaban J connectivity index is 2.49. The highest BCUT2D eigenvalue weighted by Crippen LogP contribution is 2.14. The minimum atomic E-state index is -0.129. The van der Waals surface area contributed by atoms with Crippen LogP contribution in [0.2, 0.25) is 0 Å². The van der Waals surface area contributed by atoms with Crippen molar-refractivity contribution in [2.75, 3.05) is 23.7 Å². The van der Waals surface area contributed by atoms with E-state index in [0.29, 0.717) is 12.2 Å². The van der Waals surface area contributed by atoms with Gasteiger partial charge in [-0.3, -0.25) is 9.59 Å². The predicted octanol–water partition coefficient (Wildman–Crippen LogP) is 1.36. The molecule has 0 saturated carbocycles. The molecule has 0 aliphatic carbocycles. The first-order valence-corrected chi connectivity index (χ1v) is 5.61. The van der Waals surface area contributed by atoms with Crippen molar-refractivity contribution in [2.24, 2.45) is 0 Å². The van der Waals surface area contributed by atoms with Gasteiger partial charge in [-0.1, -0.05) is 12.1 Å². The average molecular weight is 247 g/mol. The summed E-state index contributed by atoms with van der Waals surface area (Å²) in [5.74, 6) is -0.240. The van der Waals surface area contributed by atoms with Crippen LogP contribution in [0.1, 0.15) is 6.92 Å². The number of amides is 2. The lowest BCUT2D eigenvalue weighted by molar-refractivity contribution is -0.119. The molecular formula is C13H17N3O2. The van der Waals surface area contributed by atoms with Crippen LogP contribution < -0.4 is 16.0 Å². The topological polar surface area (TPSA) is 70.2 Å². The van der Waals surface area contributed by atoms with Crippen molar-refractivity contribution in [3.8, 4) is 0 Å². The van der Waals surface area contributed by atoms with Crippen molar-refractivity contribution in [1.82, 2.24) is 5.32 Å². The van der Waals surface area contributed by atoms with Gasteiger partial charge in [0.1, 0.15) is 0 Å². The lowest BCUT2D eigenvalue weighted by Gasteiger charge is -2.08. The summed E-state index contributed by atoms with van der Waals surface area (Å²) in [6, 6.07) is 7.17. The molecule has 0 radical (unpaired) electrons. The summed E-state index contributed by atoms with van der Waals surface area (Å²) in [5.41, 5.74) is 1.47. The Morgan fingerprint density at radius 3 is 2.72 bits per heavy atom. The van der Waals surface area contributed by atoms with E-state index in [1.54, 1.807) is 24.3 Å². The average Bonchev–Trinajstić information content (AvgIpc) is 2.33. The molecule has 5 heteroatoms. The maximum absolute atomic E-state index is 11.3. The van der Waals surface area contributed by atoms with Crippen LogP contribution in [0.3, 0.4) is 0 Å². The monoisotopic (exact) mass is 247 g/mol. The number of rotatable bonds is 6. The lowest BCUT2D eigenvalue weighted by Crippen LogP contribution is -2.29. The molecule has 0 bridgehead atoms. The first-order chi connectivity index (χ1) is 8.61. The van der Waals surface area contributed by atoms with Gasteiger partial charge in [-0.25, -0.2) is 0 Å². The van der Waals surface area contributed by atoms with Gasteiger partial charge in [0.2, 0.25) is 11.8 Å². The SMILES string of the molecule is C=CCNC(=O)CNc1cccc(NC(C)=O)c1. The first-order valence-electron chi connectivity index (χ1n) is 5.61. The summed E-state index contributed by atoms with van der Waals surface area (Å²) in [4.78, 5) is 22.3. The second kappa shape index (κ2) is 7.11. The molecule has 0 heterocycles. The number of anilines is 2. The number of hydrogen-bond acceptors (Lipinski definition) is 3. The zero-order valence-electron chi connectivity index (χ0n) is 10.3. The number of nitrogens with one attached hydrogen (secondary N) is 3. The Bertz CT molecular complexity index is 444. The molecule has 2 amide bonds. The van der Waals surface area contributed by atoms with Gasteiger partial charge in [0.05, 0.1) is 6.54 Å². The molecule has 0 saturated heterocycles. The van der Waals surface area contributed by atoms with Crippen LogP contribution in [-0.2, 0) is 9.59 Å². The van der Waals surface area contributed by atoms with E-state index < -0.39 is 0 Å². The third-order valence-electron chi connectivity index (χ3n) is 2.08. The molecular weight excluding hydrogens is 230 g/mol. The molecule has 5 nitrogen and oxygen atoms in total. The van der Waals surface area contributed by atoms with Crippen LogP contribution in [0, 0.1) is 0 Å². The zero-order chi connectivity index (χ0) is 13.4. The van der Waals surface area contributed by atoms with Gasteiger partial charge in [0.15, 0.2) is 0 Å². The van der Waals surface area contributed by atoms with Crippen molar-refractivity contribution in [3.05, 3.63) is 36.9 Å². The predicted molar refractivity (Wildman–Crippen MR) is 72.4 cm³/mol. The van der Waals surface area contributed by atoms with Gasteiger partial charge in [0, 0.05) is 24.8 Å². The second-order valence-corrected chi connectivity index (χ2v) is 3.71. The maximum atomic E-state index is 11.3. The Morgan fingerprint density at radius 1 is 1.33 bits per heavy atom. The summed E-state index contributed by atoms with van der Waals surface area (Å²) >= 11 is 0. The van der Waals surface area contributed by atoms with Crippen molar-refractivity contribution in [1.29, 1.82) is 0 Å². The molecule has 18 heavy (non-hydrogen) atoms. The highest BCUT2D eigenvalue weighted by molar-refractivity contribution is 5.89. The summed E-state index contributed by atoms with van der Waals surface area (Å²) in [6.45, 7) is 5.59. The van der Waals surface area contributed by atoms with E-state index in [2.05, 4.69) is 22.5 Å². The van der Waals surface area contributed by atoms with Gasteiger partial charge < -0.3 is 16.0 Å². The standard InChI is InChI=1S/C13H17N3O2/c1-3-7-14-13(18)9-15-11-5-4-6-12(8-11)16-10(2)17/h3-6,8,15H,1,7,9H2,2H3,(H,14,18)(H,16,17). The number of carbonyl (C=O) groups excluding carboxylic acids is 2. The molecule has 0 aromatic heterocycles. The molecule has 1 rings (SSSR count). The fourth-order valence-corrected chi connectivity index (χ4v) is 1.34. The summed E-state index contributed by atoms with van der Waals surface area (Å²) < 4.78 is 0. The van der Waals surface area contributed by atoms with E-state index in [-0.39, 0.29) is 18.4 Å². The Labute approximate surface area is 106 Å². The fraction of sp³-hybridized carbons (Fsp3) is 0.231. The van der Waals surface area contributed by atoms with Gasteiger partial charge in [0.25, 0.3) is 0 Å².